The number of benzene rings is 1. The molecule has 24 heavy (non-hydrogen) atoms. The highest BCUT2D eigenvalue weighted by Gasteiger charge is 2.32. The first-order valence-corrected chi connectivity index (χ1v) is 8.98. The van der Waals surface area contributed by atoms with E-state index in [4.69, 9.17) is 10.5 Å². The second-order valence-electron chi connectivity index (χ2n) is 7.60. The number of hydrogen-bond acceptors (Lipinski definition) is 4. The van der Waals surface area contributed by atoms with Crippen LogP contribution < -0.4 is 15.8 Å². The summed E-state index contributed by atoms with van der Waals surface area (Å²) in [7, 11) is 0. The van der Waals surface area contributed by atoms with Crippen molar-refractivity contribution in [3.05, 3.63) is 29.3 Å². The average molecular weight is 331 g/mol. The molecule has 1 unspecified atom stereocenters. The van der Waals surface area contributed by atoms with Crippen LogP contribution in [0.3, 0.4) is 0 Å². The molecule has 1 fully saturated rings. The number of rotatable bonds is 5. The number of amides is 1. The molecule has 1 aromatic rings. The van der Waals surface area contributed by atoms with Gasteiger partial charge in [0, 0.05) is 38.2 Å². The summed E-state index contributed by atoms with van der Waals surface area (Å²) in [5.41, 5.74) is 7.89. The van der Waals surface area contributed by atoms with E-state index in [0.717, 1.165) is 44.6 Å². The van der Waals surface area contributed by atoms with Crippen LogP contribution >= 0.6 is 0 Å². The highest BCUT2D eigenvalue weighted by atomic mass is 16.5. The quantitative estimate of drug-likeness (QED) is 0.861. The lowest BCUT2D eigenvalue weighted by atomic mass is 9.96. The van der Waals surface area contributed by atoms with E-state index in [1.165, 1.54) is 11.1 Å². The largest absolute Gasteiger partial charge is 0.487 e. The molecule has 1 amide bonds. The van der Waals surface area contributed by atoms with Gasteiger partial charge in [0.25, 0.3) is 0 Å². The molecule has 0 radical (unpaired) electrons. The fraction of sp³-hybridized carbons (Fsp3) is 0.632. The van der Waals surface area contributed by atoms with Crippen LogP contribution in [0.2, 0.25) is 0 Å². The standard InChI is InChI=1S/C19H29N3O2/c1-19(2)11-14-5-3-6-15(17(14)24-19)12-22-10-4-7-16(13-22)18(23)21-9-8-20/h3,5-6,16H,4,7-13,20H2,1-2H3,(H,21,23). The Morgan fingerprint density at radius 3 is 3.08 bits per heavy atom. The normalized spacial score (nSPS) is 22.7. The second-order valence-corrected chi connectivity index (χ2v) is 7.60. The molecule has 3 N–H and O–H groups in total. The first-order valence-electron chi connectivity index (χ1n) is 8.98. The van der Waals surface area contributed by atoms with E-state index in [2.05, 4.69) is 42.3 Å². The zero-order valence-electron chi connectivity index (χ0n) is 14.8. The zero-order valence-corrected chi connectivity index (χ0v) is 14.8. The predicted octanol–water partition coefficient (Wildman–Crippen LogP) is 1.69. The maximum absolute atomic E-state index is 12.2. The van der Waals surface area contributed by atoms with Crippen LogP contribution in [0.1, 0.15) is 37.8 Å². The number of nitrogens with two attached hydrogens (primary N) is 1. The monoisotopic (exact) mass is 331 g/mol. The number of likely N-dealkylation sites (tertiary alicyclic amines) is 1. The van der Waals surface area contributed by atoms with Gasteiger partial charge in [0.2, 0.25) is 5.91 Å². The summed E-state index contributed by atoms with van der Waals surface area (Å²) in [6, 6.07) is 6.43. The van der Waals surface area contributed by atoms with Crippen LogP contribution in [0.5, 0.6) is 5.75 Å². The Balaban J connectivity index is 1.65. The second kappa shape index (κ2) is 7.11. The Bertz CT molecular complexity index is 600. The molecule has 2 heterocycles. The van der Waals surface area contributed by atoms with Gasteiger partial charge in [-0.2, -0.15) is 0 Å². The Morgan fingerprint density at radius 1 is 1.46 bits per heavy atom. The van der Waals surface area contributed by atoms with Crippen molar-refractivity contribution < 1.29 is 9.53 Å². The minimum atomic E-state index is -0.120. The third-order valence-electron chi connectivity index (χ3n) is 4.89. The maximum Gasteiger partial charge on any atom is 0.224 e. The summed E-state index contributed by atoms with van der Waals surface area (Å²) in [5.74, 6) is 1.26. The van der Waals surface area contributed by atoms with Gasteiger partial charge in [0.15, 0.2) is 0 Å². The smallest absolute Gasteiger partial charge is 0.224 e. The van der Waals surface area contributed by atoms with Crippen molar-refractivity contribution in [2.45, 2.75) is 45.3 Å². The van der Waals surface area contributed by atoms with Crippen molar-refractivity contribution in [3.8, 4) is 5.75 Å². The highest BCUT2D eigenvalue weighted by molar-refractivity contribution is 5.78. The molecule has 1 aromatic carbocycles. The van der Waals surface area contributed by atoms with E-state index in [1.54, 1.807) is 0 Å². The first-order chi connectivity index (χ1) is 11.5. The van der Waals surface area contributed by atoms with Gasteiger partial charge in [-0.1, -0.05) is 18.2 Å². The molecule has 0 bridgehead atoms. The molecule has 0 spiro atoms. The summed E-state index contributed by atoms with van der Waals surface area (Å²) in [6.45, 7) is 8.01. The number of nitrogens with one attached hydrogen (secondary N) is 1. The Morgan fingerprint density at radius 2 is 2.29 bits per heavy atom. The van der Waals surface area contributed by atoms with Crippen molar-refractivity contribution >= 4 is 5.91 Å². The van der Waals surface area contributed by atoms with Crippen LogP contribution in [0.4, 0.5) is 0 Å². The molecule has 5 nitrogen and oxygen atoms in total. The summed E-state index contributed by atoms with van der Waals surface area (Å²) in [5, 5.41) is 2.92. The molecule has 0 saturated carbocycles. The van der Waals surface area contributed by atoms with Crippen LogP contribution in [-0.2, 0) is 17.8 Å². The minimum Gasteiger partial charge on any atom is -0.487 e. The third kappa shape index (κ3) is 3.90. The number of hydrogen-bond donors (Lipinski definition) is 2. The summed E-state index contributed by atoms with van der Waals surface area (Å²) < 4.78 is 6.17. The van der Waals surface area contributed by atoms with Gasteiger partial charge in [0.05, 0.1) is 5.92 Å². The van der Waals surface area contributed by atoms with E-state index in [1.807, 2.05) is 0 Å². The first kappa shape index (κ1) is 17.2. The summed E-state index contributed by atoms with van der Waals surface area (Å²) in [6.07, 6.45) is 2.98. The number of carbonyl (C=O) groups is 1. The third-order valence-corrected chi connectivity index (χ3v) is 4.89. The van der Waals surface area contributed by atoms with Gasteiger partial charge in [0.1, 0.15) is 11.4 Å². The molecule has 2 aliphatic rings. The van der Waals surface area contributed by atoms with Crippen LogP contribution in [-0.4, -0.2) is 42.6 Å². The van der Waals surface area contributed by atoms with E-state index >= 15 is 0 Å². The van der Waals surface area contributed by atoms with Gasteiger partial charge in [-0.05, 0) is 38.8 Å². The van der Waals surface area contributed by atoms with Gasteiger partial charge < -0.3 is 15.8 Å². The van der Waals surface area contributed by atoms with Crippen LogP contribution in [0.15, 0.2) is 18.2 Å². The van der Waals surface area contributed by atoms with E-state index in [9.17, 15) is 4.79 Å². The molecule has 1 atom stereocenters. The Hall–Kier alpha value is -1.59. The number of ether oxygens (including phenoxy) is 1. The molecule has 3 rings (SSSR count). The summed E-state index contributed by atoms with van der Waals surface area (Å²) >= 11 is 0. The molecule has 5 heteroatoms. The molecule has 132 valence electrons. The lowest BCUT2D eigenvalue weighted by molar-refractivity contribution is -0.126. The minimum absolute atomic E-state index is 0.0689. The van der Waals surface area contributed by atoms with Gasteiger partial charge in [-0.3, -0.25) is 9.69 Å². The number of carbonyl (C=O) groups excluding carboxylic acids is 1. The lowest BCUT2D eigenvalue weighted by Gasteiger charge is -2.32. The van der Waals surface area contributed by atoms with E-state index in [0.29, 0.717) is 13.1 Å². The maximum atomic E-state index is 12.2. The Labute approximate surface area is 144 Å². The number of nitrogens with zero attached hydrogens (tertiary/aromatic N) is 1. The predicted molar refractivity (Wildman–Crippen MR) is 94.9 cm³/mol. The van der Waals surface area contributed by atoms with Crippen molar-refractivity contribution in [1.82, 2.24) is 10.2 Å². The molecular weight excluding hydrogens is 302 g/mol. The van der Waals surface area contributed by atoms with Crippen molar-refractivity contribution in [1.29, 1.82) is 0 Å². The van der Waals surface area contributed by atoms with Crippen molar-refractivity contribution in [3.63, 3.8) is 0 Å². The SMILES string of the molecule is CC1(C)Cc2cccc(CN3CCCC(C(=O)NCCN)C3)c2O1. The van der Waals surface area contributed by atoms with Gasteiger partial charge in [-0.15, -0.1) is 0 Å². The van der Waals surface area contributed by atoms with E-state index < -0.39 is 0 Å². The van der Waals surface area contributed by atoms with Crippen LogP contribution in [0.25, 0.3) is 0 Å². The fourth-order valence-corrected chi connectivity index (χ4v) is 3.80. The van der Waals surface area contributed by atoms with Gasteiger partial charge in [-0.25, -0.2) is 0 Å². The topological polar surface area (TPSA) is 67.6 Å². The van der Waals surface area contributed by atoms with Gasteiger partial charge >= 0.3 is 0 Å². The Kier molecular flexibility index (Phi) is 5.11. The fourth-order valence-electron chi connectivity index (χ4n) is 3.80. The number of piperidine rings is 1. The average Bonchev–Trinajstić information content (AvgIpc) is 2.88. The summed E-state index contributed by atoms with van der Waals surface area (Å²) in [4.78, 5) is 14.6. The van der Waals surface area contributed by atoms with Crippen molar-refractivity contribution in [2.75, 3.05) is 26.2 Å². The molecule has 2 aliphatic heterocycles. The molecule has 1 saturated heterocycles. The lowest BCUT2D eigenvalue weighted by Crippen LogP contribution is -2.43. The molecular formula is C19H29N3O2. The zero-order chi connectivity index (χ0) is 17.2. The molecule has 0 aromatic heterocycles. The number of para-hydroxylation sites is 1. The number of fused-ring (bicyclic) bond motifs is 1. The van der Waals surface area contributed by atoms with E-state index in [-0.39, 0.29) is 17.4 Å². The molecule has 0 aliphatic carbocycles. The highest BCUT2D eigenvalue weighted by Crippen LogP contribution is 2.38. The van der Waals surface area contributed by atoms with Crippen LogP contribution in [0, 0.1) is 5.92 Å². The van der Waals surface area contributed by atoms with Crippen molar-refractivity contribution in [2.24, 2.45) is 11.7 Å².